The number of rotatable bonds is 5. The molecule has 3 aliphatic heterocycles. The summed E-state index contributed by atoms with van der Waals surface area (Å²) in [6, 6.07) is 4.30. The van der Waals surface area contributed by atoms with Gasteiger partial charge in [-0.25, -0.2) is 8.42 Å². The zero-order chi connectivity index (χ0) is 25.9. The van der Waals surface area contributed by atoms with Crippen molar-refractivity contribution in [1.29, 1.82) is 0 Å². The molecule has 12 heteroatoms. The smallest absolute Gasteiger partial charge is 0.331 e. The lowest BCUT2D eigenvalue weighted by molar-refractivity contribution is -0.185. The average molecular weight is 532 g/mol. The van der Waals surface area contributed by atoms with Crippen molar-refractivity contribution in [3.05, 3.63) is 24.3 Å². The lowest BCUT2D eigenvalue weighted by atomic mass is 9.49. The molecular weight excluding hydrogens is 508 g/mol. The summed E-state index contributed by atoms with van der Waals surface area (Å²) in [5.41, 5.74) is -2.43. The van der Waals surface area contributed by atoms with Crippen molar-refractivity contribution in [2.45, 2.75) is 67.8 Å². The van der Waals surface area contributed by atoms with Crippen LogP contribution in [0.15, 0.2) is 29.2 Å². The van der Waals surface area contributed by atoms with Gasteiger partial charge in [0.25, 0.3) is 0 Å². The lowest BCUT2D eigenvalue weighted by Gasteiger charge is -2.54. The van der Waals surface area contributed by atoms with E-state index in [4.69, 9.17) is 18.9 Å². The summed E-state index contributed by atoms with van der Waals surface area (Å²) in [5.74, 6) is -1.76. The number of ether oxygens (including phenoxy) is 4. The molecule has 1 aromatic carbocycles. The molecule has 8 rings (SSSR count). The highest BCUT2D eigenvalue weighted by atomic mass is 32.2. The fraction of sp³-hybridized carbons (Fsp3) is 0.600. The fourth-order valence-electron chi connectivity index (χ4n) is 7.82. The molecule has 4 aliphatic carbocycles. The van der Waals surface area contributed by atoms with Crippen molar-refractivity contribution in [3.63, 3.8) is 0 Å². The Bertz CT molecular complexity index is 1330. The van der Waals surface area contributed by atoms with E-state index in [9.17, 15) is 32.1 Å². The lowest BCUT2D eigenvalue weighted by Crippen LogP contribution is -2.56. The van der Waals surface area contributed by atoms with Gasteiger partial charge in [-0.3, -0.25) is 19.2 Å². The number of carbonyl (C=O) groups excluding carboxylic acids is 4. The minimum atomic E-state index is -4.67. The molecule has 0 N–H and O–H groups in total. The molecule has 7 atom stereocenters. The van der Waals surface area contributed by atoms with Crippen LogP contribution in [0.25, 0.3) is 0 Å². The molecule has 7 unspecified atom stereocenters. The van der Waals surface area contributed by atoms with E-state index >= 15 is 0 Å². The maximum atomic E-state index is 13.5. The maximum Gasteiger partial charge on any atom is 0.331 e. The summed E-state index contributed by atoms with van der Waals surface area (Å²) in [7, 11) is -4.67. The highest BCUT2D eigenvalue weighted by Crippen LogP contribution is 2.60. The van der Waals surface area contributed by atoms with Gasteiger partial charge in [-0.2, -0.15) is 0 Å². The molecule has 7 aliphatic rings. The number of esters is 3. The molecule has 3 saturated heterocycles. The predicted octanol–water partition coefficient (Wildman–Crippen LogP) is 0.886. The number of benzene rings is 1. The molecule has 7 fully saturated rings. The van der Waals surface area contributed by atoms with Gasteiger partial charge in [0, 0.05) is 18.3 Å². The van der Waals surface area contributed by atoms with Crippen molar-refractivity contribution in [2.24, 2.45) is 28.6 Å². The van der Waals surface area contributed by atoms with E-state index in [0.29, 0.717) is 25.2 Å². The third kappa shape index (κ3) is 3.15. The third-order valence-corrected chi connectivity index (χ3v) is 10.1. The zero-order valence-corrected chi connectivity index (χ0v) is 20.3. The average Bonchev–Trinajstić information content (AvgIpc) is 3.44. The number of hydrogen-bond donors (Lipinski definition) is 0. The topological polar surface area (TPSA) is 162 Å². The predicted molar refractivity (Wildman–Crippen MR) is 117 cm³/mol. The summed E-state index contributed by atoms with van der Waals surface area (Å²) in [6.07, 6.45) is -0.266. The van der Waals surface area contributed by atoms with E-state index in [-0.39, 0.29) is 35.8 Å². The molecule has 0 amide bonds. The number of carbonyl (C=O) groups is 4. The summed E-state index contributed by atoms with van der Waals surface area (Å²) < 4.78 is 56.0. The Labute approximate surface area is 211 Å². The van der Waals surface area contributed by atoms with Crippen LogP contribution in [-0.4, -0.2) is 61.1 Å². The van der Waals surface area contributed by atoms with Crippen LogP contribution >= 0.6 is 0 Å². The minimum Gasteiger partial charge on any atom is -0.744 e. The molecule has 6 bridgehead atoms. The molecular formula is C25H23O11S-. The van der Waals surface area contributed by atoms with Crippen LogP contribution in [0.2, 0.25) is 0 Å². The van der Waals surface area contributed by atoms with Gasteiger partial charge in [0.2, 0.25) is 0 Å². The molecule has 37 heavy (non-hydrogen) atoms. The van der Waals surface area contributed by atoms with Gasteiger partial charge in [0.05, 0.1) is 10.3 Å². The van der Waals surface area contributed by atoms with E-state index in [1.807, 2.05) is 0 Å². The Hall–Kier alpha value is -2.83. The first-order valence-electron chi connectivity index (χ1n) is 12.4. The standard InChI is InChI=1S/C25H24O11S/c26-17-12-5-11-6-13(17)9-24(7-11,8-12)21(27)35-18-16-10-25(20(34-16)19(18)36-23(25)29)22(28)33-14-1-3-15(4-2-14)37(30,31)32/h1-4,11-13,16,18-20H,5-10H2,(H,30,31,32)/p-1. The van der Waals surface area contributed by atoms with Crippen LogP contribution in [0.5, 0.6) is 5.75 Å². The van der Waals surface area contributed by atoms with Gasteiger partial charge < -0.3 is 23.5 Å². The third-order valence-electron chi connectivity index (χ3n) is 9.28. The Kier molecular flexibility index (Phi) is 4.65. The van der Waals surface area contributed by atoms with Crippen LogP contribution < -0.4 is 4.74 Å². The van der Waals surface area contributed by atoms with E-state index < -0.39 is 62.2 Å². The highest BCUT2D eigenvalue weighted by molar-refractivity contribution is 7.85. The molecule has 4 saturated carbocycles. The van der Waals surface area contributed by atoms with Crippen molar-refractivity contribution in [1.82, 2.24) is 0 Å². The van der Waals surface area contributed by atoms with Crippen molar-refractivity contribution < 1.29 is 51.1 Å². The number of ketones is 1. The number of fused-ring (bicyclic) bond motifs is 1. The monoisotopic (exact) mass is 531 g/mol. The number of hydrogen-bond acceptors (Lipinski definition) is 11. The molecule has 0 aromatic heterocycles. The summed E-state index contributed by atoms with van der Waals surface area (Å²) >= 11 is 0. The first kappa shape index (κ1) is 23.3. The second-order valence-electron chi connectivity index (χ2n) is 11.4. The zero-order valence-electron chi connectivity index (χ0n) is 19.5. The van der Waals surface area contributed by atoms with Gasteiger partial charge in [-0.15, -0.1) is 0 Å². The molecule has 0 spiro atoms. The summed E-state index contributed by atoms with van der Waals surface area (Å²) in [4.78, 5) is 51.5. The molecule has 3 heterocycles. The van der Waals surface area contributed by atoms with Gasteiger partial charge in [-0.05, 0) is 62.3 Å². The van der Waals surface area contributed by atoms with Crippen LogP contribution in [0, 0.1) is 28.6 Å². The fourth-order valence-corrected chi connectivity index (χ4v) is 8.29. The van der Waals surface area contributed by atoms with E-state index in [0.717, 1.165) is 37.1 Å². The molecule has 1 aromatic rings. The Balaban J connectivity index is 1.07. The van der Waals surface area contributed by atoms with Crippen molar-refractivity contribution in [2.75, 3.05) is 0 Å². The molecule has 0 radical (unpaired) electrons. The Morgan fingerprint density at radius 1 is 0.973 bits per heavy atom. The van der Waals surface area contributed by atoms with Gasteiger partial charge in [0.15, 0.2) is 17.6 Å². The largest absolute Gasteiger partial charge is 0.744 e. The second-order valence-corrected chi connectivity index (χ2v) is 12.7. The van der Waals surface area contributed by atoms with E-state index in [1.165, 1.54) is 0 Å². The van der Waals surface area contributed by atoms with E-state index in [1.54, 1.807) is 0 Å². The first-order chi connectivity index (χ1) is 17.5. The van der Waals surface area contributed by atoms with Crippen molar-refractivity contribution >= 4 is 33.8 Å². The van der Waals surface area contributed by atoms with E-state index in [2.05, 4.69) is 0 Å². The molecule has 11 nitrogen and oxygen atoms in total. The minimum absolute atomic E-state index is 0.0508. The second kappa shape index (κ2) is 7.39. The van der Waals surface area contributed by atoms with Crippen LogP contribution in [0.3, 0.4) is 0 Å². The van der Waals surface area contributed by atoms with Gasteiger partial charge in [0.1, 0.15) is 33.9 Å². The quantitative estimate of drug-likeness (QED) is 0.229. The summed E-state index contributed by atoms with van der Waals surface area (Å²) in [6.45, 7) is 0. The Morgan fingerprint density at radius 2 is 1.65 bits per heavy atom. The molecule has 196 valence electrons. The highest BCUT2D eigenvalue weighted by Gasteiger charge is 2.77. The number of Topliss-reactive ketones (excluding diaryl/α,β-unsaturated/α-hetero) is 1. The SMILES string of the molecule is O=C1C2CC3CC1CC(C(=O)OC1C4CC5(C(=O)Oc6ccc(S(=O)(=O)[O-])cc6)C(=O)OC1C5O4)(C3)C2. The van der Waals surface area contributed by atoms with Gasteiger partial charge >= 0.3 is 17.9 Å². The van der Waals surface area contributed by atoms with Crippen molar-refractivity contribution in [3.8, 4) is 5.75 Å². The first-order valence-corrected chi connectivity index (χ1v) is 13.8. The maximum absolute atomic E-state index is 13.5. The normalized spacial score (nSPS) is 42.7. The van der Waals surface area contributed by atoms with Crippen LogP contribution in [0.1, 0.15) is 38.5 Å². The summed E-state index contributed by atoms with van der Waals surface area (Å²) in [5, 5.41) is 0. The van der Waals surface area contributed by atoms with Crippen LogP contribution in [0.4, 0.5) is 0 Å². The van der Waals surface area contributed by atoms with Gasteiger partial charge in [-0.1, -0.05) is 0 Å². The van der Waals surface area contributed by atoms with Crippen LogP contribution in [-0.2, 0) is 43.5 Å². The Morgan fingerprint density at radius 3 is 2.30 bits per heavy atom.